The molecule has 1 aliphatic heterocycles. The fourth-order valence-corrected chi connectivity index (χ4v) is 3.94. The second-order valence-electron chi connectivity index (χ2n) is 8.23. The van der Waals surface area contributed by atoms with E-state index in [1.165, 1.54) is 0 Å². The quantitative estimate of drug-likeness (QED) is 0.588. The van der Waals surface area contributed by atoms with Crippen molar-refractivity contribution in [1.29, 1.82) is 0 Å². The number of rotatable bonds is 2. The van der Waals surface area contributed by atoms with Gasteiger partial charge in [0.05, 0.1) is 18.6 Å². The summed E-state index contributed by atoms with van der Waals surface area (Å²) in [5, 5.41) is 10.8. The molecule has 0 saturated carbocycles. The molecule has 2 aromatic rings. The van der Waals surface area contributed by atoms with Crippen LogP contribution in [0, 0.1) is 5.41 Å². The summed E-state index contributed by atoms with van der Waals surface area (Å²) in [6, 6.07) is 15.5. The predicted molar refractivity (Wildman–Crippen MR) is 109 cm³/mol. The zero-order valence-corrected chi connectivity index (χ0v) is 16.5. The Balaban J connectivity index is 1.98. The summed E-state index contributed by atoms with van der Waals surface area (Å²) in [4.78, 5) is 13.3. The van der Waals surface area contributed by atoms with Gasteiger partial charge in [-0.3, -0.25) is 4.79 Å². The van der Waals surface area contributed by atoms with Crippen molar-refractivity contribution in [2.45, 2.75) is 32.8 Å². The van der Waals surface area contributed by atoms with Crippen LogP contribution in [-0.2, 0) is 4.79 Å². The van der Waals surface area contributed by atoms with Crippen LogP contribution >= 0.6 is 0 Å². The predicted octanol–water partition coefficient (Wildman–Crippen LogP) is 5.06. The molecule has 0 radical (unpaired) electrons. The Morgan fingerprint density at radius 3 is 2.43 bits per heavy atom. The number of benzene rings is 2. The van der Waals surface area contributed by atoms with E-state index in [2.05, 4.69) is 0 Å². The lowest BCUT2D eigenvalue weighted by Gasteiger charge is -2.29. The van der Waals surface area contributed by atoms with Crippen molar-refractivity contribution in [1.82, 2.24) is 0 Å². The van der Waals surface area contributed by atoms with Crippen molar-refractivity contribution < 1.29 is 19.4 Å². The van der Waals surface area contributed by atoms with Gasteiger partial charge in [-0.05, 0) is 29.3 Å². The Labute approximate surface area is 165 Å². The molecule has 0 aromatic heterocycles. The van der Waals surface area contributed by atoms with Crippen LogP contribution in [0.3, 0.4) is 0 Å². The highest BCUT2D eigenvalue weighted by molar-refractivity contribution is 6.09. The standard InChI is InChI=1S/C24H24O4/c1-24(2,3)23(26)16-13-15(14-9-6-5-7-10-14)19-20-17(27-4)11-8-12-18(20)28-22(19)21(16)25/h5-13,19,22,26H,1-4H3/b23-16-/t19-,22+/m0/s1. The number of fused-ring (bicyclic) bond motifs is 3. The van der Waals surface area contributed by atoms with Gasteiger partial charge in [0.25, 0.3) is 0 Å². The van der Waals surface area contributed by atoms with Crippen molar-refractivity contribution >= 4 is 11.4 Å². The third-order valence-electron chi connectivity index (χ3n) is 5.35. The molecule has 144 valence electrons. The van der Waals surface area contributed by atoms with E-state index in [0.29, 0.717) is 17.1 Å². The Morgan fingerprint density at radius 2 is 1.79 bits per heavy atom. The number of aliphatic hydroxyl groups excluding tert-OH is 1. The molecule has 0 amide bonds. The van der Waals surface area contributed by atoms with Gasteiger partial charge >= 0.3 is 0 Å². The van der Waals surface area contributed by atoms with Crippen LogP contribution in [0.2, 0.25) is 0 Å². The summed E-state index contributed by atoms with van der Waals surface area (Å²) in [6.45, 7) is 5.66. The molecule has 2 aromatic carbocycles. The lowest BCUT2D eigenvalue weighted by molar-refractivity contribution is -0.121. The van der Waals surface area contributed by atoms with E-state index in [9.17, 15) is 9.90 Å². The van der Waals surface area contributed by atoms with Gasteiger partial charge in [0.2, 0.25) is 5.78 Å². The molecule has 2 atom stereocenters. The number of Topliss-reactive ketones (excluding diaryl/α,β-unsaturated/α-hetero) is 1. The first-order valence-electron chi connectivity index (χ1n) is 9.41. The van der Waals surface area contributed by atoms with Gasteiger partial charge in [0.1, 0.15) is 17.3 Å². The summed E-state index contributed by atoms with van der Waals surface area (Å²) >= 11 is 0. The van der Waals surface area contributed by atoms with E-state index in [0.717, 1.165) is 16.7 Å². The Morgan fingerprint density at radius 1 is 1.07 bits per heavy atom. The van der Waals surface area contributed by atoms with E-state index in [1.54, 1.807) is 7.11 Å². The largest absolute Gasteiger partial charge is 0.511 e. The molecule has 0 unspecified atom stereocenters. The average Bonchev–Trinajstić information content (AvgIpc) is 3.08. The monoisotopic (exact) mass is 376 g/mol. The van der Waals surface area contributed by atoms with Gasteiger partial charge in [0, 0.05) is 11.0 Å². The number of ketones is 1. The molecule has 2 aliphatic rings. The first kappa shape index (κ1) is 18.4. The molecule has 4 nitrogen and oxygen atoms in total. The van der Waals surface area contributed by atoms with Crippen molar-refractivity contribution in [3.05, 3.63) is 77.1 Å². The van der Waals surface area contributed by atoms with Crippen LogP contribution in [0.4, 0.5) is 0 Å². The van der Waals surface area contributed by atoms with E-state index in [-0.39, 0.29) is 17.5 Å². The average molecular weight is 376 g/mol. The summed E-state index contributed by atoms with van der Waals surface area (Å²) in [5.74, 6) is 0.956. The second-order valence-corrected chi connectivity index (χ2v) is 8.23. The minimum atomic E-state index is -0.717. The maximum atomic E-state index is 13.3. The molecule has 0 spiro atoms. The van der Waals surface area contributed by atoms with Crippen molar-refractivity contribution in [2.24, 2.45) is 5.41 Å². The third kappa shape index (κ3) is 2.80. The molecule has 0 fully saturated rings. The zero-order valence-electron chi connectivity index (χ0n) is 16.5. The number of hydrogen-bond acceptors (Lipinski definition) is 4. The first-order chi connectivity index (χ1) is 13.3. The van der Waals surface area contributed by atoms with Crippen molar-refractivity contribution in [2.75, 3.05) is 7.11 Å². The van der Waals surface area contributed by atoms with Gasteiger partial charge in [-0.1, -0.05) is 57.2 Å². The number of ether oxygens (including phenoxy) is 2. The van der Waals surface area contributed by atoms with Crippen molar-refractivity contribution in [3.63, 3.8) is 0 Å². The SMILES string of the molecule is COc1cccc2c1[C@@H]1C(c3ccccc3)=C/C(=C(/O)C(C)(C)C)C(=O)[C@@H]1O2. The molecule has 1 N–H and O–H groups in total. The highest BCUT2D eigenvalue weighted by Crippen LogP contribution is 2.53. The molecule has 0 bridgehead atoms. The van der Waals surface area contributed by atoms with Gasteiger partial charge in [-0.2, -0.15) is 0 Å². The Kier molecular flexibility index (Phi) is 4.30. The summed E-state index contributed by atoms with van der Waals surface area (Å²) in [5.41, 5.74) is 2.59. The fraction of sp³-hybridized carbons (Fsp3) is 0.292. The molecular formula is C24H24O4. The second kappa shape index (κ2) is 6.55. The number of methoxy groups -OCH3 is 1. The Bertz CT molecular complexity index is 993. The maximum absolute atomic E-state index is 13.3. The number of allylic oxidation sites excluding steroid dienone is 2. The van der Waals surface area contributed by atoms with Crippen LogP contribution in [0.15, 0.2) is 65.9 Å². The maximum Gasteiger partial charge on any atom is 0.207 e. The number of carbonyl (C=O) groups excluding carboxylic acids is 1. The van der Waals surface area contributed by atoms with Crippen LogP contribution in [0.5, 0.6) is 11.5 Å². The van der Waals surface area contributed by atoms with Gasteiger partial charge in [0.15, 0.2) is 6.10 Å². The van der Waals surface area contributed by atoms with Crippen molar-refractivity contribution in [3.8, 4) is 11.5 Å². The smallest absolute Gasteiger partial charge is 0.207 e. The van der Waals surface area contributed by atoms with Gasteiger partial charge in [-0.15, -0.1) is 0 Å². The zero-order chi connectivity index (χ0) is 20.1. The molecule has 4 rings (SSSR count). The fourth-order valence-electron chi connectivity index (χ4n) is 3.94. The molecule has 4 heteroatoms. The summed E-state index contributed by atoms with van der Waals surface area (Å²) in [6.07, 6.45) is 1.11. The molecule has 0 saturated heterocycles. The minimum Gasteiger partial charge on any atom is -0.511 e. The van der Waals surface area contributed by atoms with Crippen LogP contribution in [0.1, 0.15) is 37.8 Å². The van der Waals surface area contributed by atoms with Gasteiger partial charge in [-0.25, -0.2) is 0 Å². The van der Waals surface area contributed by atoms with E-state index in [4.69, 9.17) is 9.47 Å². The number of carbonyl (C=O) groups is 1. The summed E-state index contributed by atoms with van der Waals surface area (Å²) in [7, 11) is 1.62. The first-order valence-corrected chi connectivity index (χ1v) is 9.41. The Hall–Kier alpha value is -3.01. The minimum absolute atomic E-state index is 0.0795. The van der Waals surface area contributed by atoms with Crippen LogP contribution in [0.25, 0.3) is 5.57 Å². The molecule has 1 aliphatic carbocycles. The summed E-state index contributed by atoms with van der Waals surface area (Å²) < 4.78 is 11.7. The topological polar surface area (TPSA) is 55.8 Å². The molecular weight excluding hydrogens is 352 g/mol. The van der Waals surface area contributed by atoms with Crippen LogP contribution < -0.4 is 9.47 Å². The third-order valence-corrected chi connectivity index (χ3v) is 5.35. The molecule has 28 heavy (non-hydrogen) atoms. The highest BCUT2D eigenvalue weighted by atomic mass is 16.5. The van der Waals surface area contributed by atoms with Gasteiger partial charge < -0.3 is 14.6 Å². The number of aliphatic hydroxyl groups is 1. The highest BCUT2D eigenvalue weighted by Gasteiger charge is 2.48. The van der Waals surface area contributed by atoms with E-state index >= 15 is 0 Å². The van der Waals surface area contributed by atoms with E-state index in [1.807, 2.05) is 75.4 Å². The normalized spacial score (nSPS) is 22.7. The lowest BCUT2D eigenvalue weighted by atomic mass is 9.74. The molecule has 1 heterocycles. The van der Waals surface area contributed by atoms with Crippen LogP contribution in [-0.4, -0.2) is 24.1 Å². The van der Waals surface area contributed by atoms with E-state index < -0.39 is 11.5 Å². The number of hydrogen-bond donors (Lipinski definition) is 1. The lowest BCUT2D eigenvalue weighted by Crippen LogP contribution is -2.35.